The quantitative estimate of drug-likeness (QED) is 0.516. The fourth-order valence-corrected chi connectivity index (χ4v) is 3.79. The van der Waals surface area contributed by atoms with E-state index in [4.69, 9.17) is 12.2 Å². The van der Waals surface area contributed by atoms with Crippen LogP contribution in [0.4, 0.5) is 5.69 Å². The third-order valence-corrected chi connectivity index (χ3v) is 4.90. The zero-order chi connectivity index (χ0) is 16.5. The van der Waals surface area contributed by atoms with E-state index in [1.165, 1.54) is 11.8 Å². The maximum atomic E-state index is 12.7. The zero-order valence-corrected chi connectivity index (χ0v) is 14.1. The van der Waals surface area contributed by atoms with Gasteiger partial charge in [-0.25, -0.2) is 0 Å². The Morgan fingerprint density at radius 3 is 2.54 bits per heavy atom. The molecular weight excluding hydrogens is 338 g/mol. The molecule has 0 spiro atoms. The molecule has 4 nitrogen and oxygen atoms in total. The summed E-state index contributed by atoms with van der Waals surface area (Å²) in [7, 11) is 0. The molecule has 116 valence electrons. The Balaban J connectivity index is 1.70. The van der Waals surface area contributed by atoms with E-state index in [0.29, 0.717) is 9.23 Å². The number of carbonyl (C=O) groups is 1. The lowest BCUT2D eigenvalue weighted by Crippen LogP contribution is -2.27. The summed E-state index contributed by atoms with van der Waals surface area (Å²) < 4.78 is 0.540. The first-order valence-corrected chi connectivity index (χ1v) is 8.49. The van der Waals surface area contributed by atoms with Crippen molar-refractivity contribution >= 4 is 57.0 Å². The van der Waals surface area contributed by atoms with Gasteiger partial charge >= 0.3 is 0 Å². The molecule has 0 N–H and O–H groups in total. The number of para-hydroxylation sites is 1. The van der Waals surface area contributed by atoms with Gasteiger partial charge in [0.2, 0.25) is 0 Å². The summed E-state index contributed by atoms with van der Waals surface area (Å²) in [5, 5.41) is 0. The summed E-state index contributed by atoms with van der Waals surface area (Å²) in [5.41, 5.74) is 3.31. The van der Waals surface area contributed by atoms with Gasteiger partial charge in [-0.15, -0.1) is 0 Å². The summed E-state index contributed by atoms with van der Waals surface area (Å²) in [6.07, 6.45) is 5.16. The zero-order valence-electron chi connectivity index (χ0n) is 12.4. The van der Waals surface area contributed by atoms with Crippen molar-refractivity contribution in [2.45, 2.75) is 0 Å². The minimum absolute atomic E-state index is 0.101. The molecule has 0 aliphatic carbocycles. The maximum absolute atomic E-state index is 12.7. The highest BCUT2D eigenvalue weighted by molar-refractivity contribution is 8.27. The average molecular weight is 349 g/mol. The molecule has 0 saturated carbocycles. The molecule has 24 heavy (non-hydrogen) atoms. The second-order valence-electron chi connectivity index (χ2n) is 5.16. The van der Waals surface area contributed by atoms with E-state index in [1.54, 1.807) is 17.3 Å². The first kappa shape index (κ1) is 15.0. The van der Waals surface area contributed by atoms with Crippen molar-refractivity contribution in [2.24, 2.45) is 0 Å². The van der Waals surface area contributed by atoms with Crippen molar-refractivity contribution in [3.05, 3.63) is 71.4 Å². The standard InChI is InChI=1S/C18H11N3OS2/c22-17-16(24-18(23)21(17)13-4-2-1-3-5-13)11-12-6-7-14-15(10-12)20-9-8-19-14/h1-11H/b16-11-. The lowest BCUT2D eigenvalue weighted by atomic mass is 10.1. The molecule has 1 amide bonds. The van der Waals surface area contributed by atoms with E-state index in [1.807, 2.05) is 54.6 Å². The van der Waals surface area contributed by atoms with Gasteiger partial charge in [0, 0.05) is 12.4 Å². The molecular formula is C18H11N3OS2. The van der Waals surface area contributed by atoms with Crippen LogP contribution in [0.1, 0.15) is 5.56 Å². The van der Waals surface area contributed by atoms with Gasteiger partial charge in [0.25, 0.3) is 5.91 Å². The highest BCUT2D eigenvalue weighted by atomic mass is 32.2. The van der Waals surface area contributed by atoms with Crippen LogP contribution in [0.15, 0.2) is 65.8 Å². The van der Waals surface area contributed by atoms with Gasteiger partial charge in [-0.05, 0) is 35.9 Å². The number of anilines is 1. The van der Waals surface area contributed by atoms with Crippen LogP contribution < -0.4 is 4.90 Å². The van der Waals surface area contributed by atoms with Gasteiger partial charge in [-0.3, -0.25) is 19.7 Å². The minimum Gasteiger partial charge on any atom is -0.268 e. The Hall–Kier alpha value is -2.57. The van der Waals surface area contributed by atoms with Crippen LogP contribution in [0.5, 0.6) is 0 Å². The fraction of sp³-hybridized carbons (Fsp3) is 0. The molecule has 6 heteroatoms. The SMILES string of the molecule is O=C1/C(=C/c2ccc3nccnc3c2)SC(=S)N1c1ccccc1. The smallest absolute Gasteiger partial charge is 0.268 e. The van der Waals surface area contributed by atoms with E-state index in [9.17, 15) is 4.79 Å². The summed E-state index contributed by atoms with van der Waals surface area (Å²) in [5.74, 6) is -0.101. The van der Waals surface area contributed by atoms with Crippen LogP contribution in [0.3, 0.4) is 0 Å². The van der Waals surface area contributed by atoms with Crippen molar-refractivity contribution in [2.75, 3.05) is 4.90 Å². The van der Waals surface area contributed by atoms with E-state index >= 15 is 0 Å². The number of rotatable bonds is 2. The largest absolute Gasteiger partial charge is 0.270 e. The molecule has 0 unspecified atom stereocenters. The van der Waals surface area contributed by atoms with Crippen molar-refractivity contribution < 1.29 is 4.79 Å². The van der Waals surface area contributed by atoms with Crippen LogP contribution in [-0.2, 0) is 4.79 Å². The molecule has 0 atom stereocenters. The Kier molecular flexibility index (Phi) is 3.84. The Morgan fingerprint density at radius 2 is 1.75 bits per heavy atom. The van der Waals surface area contributed by atoms with Gasteiger partial charge in [0.05, 0.1) is 21.6 Å². The molecule has 1 fully saturated rings. The molecule has 1 aliphatic rings. The molecule has 0 bridgehead atoms. The molecule has 3 aromatic rings. The lowest BCUT2D eigenvalue weighted by molar-refractivity contribution is -0.113. The summed E-state index contributed by atoms with van der Waals surface area (Å²) >= 11 is 6.68. The average Bonchev–Trinajstić information content (AvgIpc) is 2.89. The van der Waals surface area contributed by atoms with Crippen molar-refractivity contribution in [3.8, 4) is 0 Å². The number of aromatic nitrogens is 2. The Morgan fingerprint density at radius 1 is 1.00 bits per heavy atom. The van der Waals surface area contributed by atoms with E-state index < -0.39 is 0 Å². The number of fused-ring (bicyclic) bond motifs is 1. The van der Waals surface area contributed by atoms with E-state index in [-0.39, 0.29) is 5.91 Å². The van der Waals surface area contributed by atoms with Gasteiger partial charge in [-0.1, -0.05) is 48.2 Å². The number of amides is 1. The molecule has 1 saturated heterocycles. The van der Waals surface area contributed by atoms with Crippen LogP contribution >= 0.6 is 24.0 Å². The van der Waals surface area contributed by atoms with Gasteiger partial charge < -0.3 is 0 Å². The first-order chi connectivity index (χ1) is 11.7. The summed E-state index contributed by atoms with van der Waals surface area (Å²) in [6.45, 7) is 0. The van der Waals surface area contributed by atoms with Crippen LogP contribution in [0, 0.1) is 0 Å². The number of hydrogen-bond donors (Lipinski definition) is 0. The Labute approximate surface area is 148 Å². The predicted octanol–water partition coefficient (Wildman–Crippen LogP) is 4.04. The van der Waals surface area contributed by atoms with Crippen LogP contribution in [-0.4, -0.2) is 20.2 Å². The molecule has 1 aromatic heterocycles. The van der Waals surface area contributed by atoms with Crippen molar-refractivity contribution in [1.82, 2.24) is 9.97 Å². The normalized spacial score (nSPS) is 16.3. The van der Waals surface area contributed by atoms with Gasteiger partial charge in [0.1, 0.15) is 0 Å². The molecule has 4 rings (SSSR count). The molecule has 2 heterocycles. The number of benzene rings is 2. The summed E-state index contributed by atoms with van der Waals surface area (Å²) in [6, 6.07) is 15.2. The number of thioether (sulfide) groups is 1. The van der Waals surface area contributed by atoms with E-state index in [2.05, 4.69) is 9.97 Å². The lowest BCUT2D eigenvalue weighted by Gasteiger charge is -2.13. The molecule has 0 radical (unpaired) electrons. The highest BCUT2D eigenvalue weighted by Crippen LogP contribution is 2.35. The third-order valence-electron chi connectivity index (χ3n) is 3.60. The molecule has 2 aromatic carbocycles. The van der Waals surface area contributed by atoms with Crippen LogP contribution in [0.2, 0.25) is 0 Å². The summed E-state index contributed by atoms with van der Waals surface area (Å²) in [4.78, 5) is 23.4. The third kappa shape index (κ3) is 2.70. The van der Waals surface area contributed by atoms with Crippen molar-refractivity contribution in [1.29, 1.82) is 0 Å². The second-order valence-corrected chi connectivity index (χ2v) is 6.83. The van der Waals surface area contributed by atoms with Gasteiger partial charge in [0.15, 0.2) is 4.32 Å². The van der Waals surface area contributed by atoms with Crippen molar-refractivity contribution in [3.63, 3.8) is 0 Å². The number of thiocarbonyl (C=S) groups is 1. The fourth-order valence-electron chi connectivity index (χ4n) is 2.49. The number of hydrogen-bond acceptors (Lipinski definition) is 5. The minimum atomic E-state index is -0.101. The monoisotopic (exact) mass is 349 g/mol. The predicted molar refractivity (Wildman–Crippen MR) is 102 cm³/mol. The highest BCUT2D eigenvalue weighted by Gasteiger charge is 2.33. The molecule has 1 aliphatic heterocycles. The number of carbonyl (C=O) groups excluding carboxylic acids is 1. The van der Waals surface area contributed by atoms with Gasteiger partial charge in [-0.2, -0.15) is 0 Å². The maximum Gasteiger partial charge on any atom is 0.270 e. The second kappa shape index (κ2) is 6.14. The first-order valence-electron chi connectivity index (χ1n) is 7.26. The van der Waals surface area contributed by atoms with E-state index in [0.717, 1.165) is 22.3 Å². The Bertz CT molecular complexity index is 986. The van der Waals surface area contributed by atoms with Crippen LogP contribution in [0.25, 0.3) is 17.1 Å². The number of nitrogens with zero attached hydrogens (tertiary/aromatic N) is 3. The topological polar surface area (TPSA) is 46.1 Å².